The molecule has 2 aliphatic rings. The Hall–Kier alpha value is -0.130. The Kier molecular flexibility index (Phi) is 4.44. The van der Waals surface area contributed by atoms with Crippen LogP contribution in [0.25, 0.3) is 0 Å². The summed E-state index contributed by atoms with van der Waals surface area (Å²) in [6, 6.07) is 0.333. The Morgan fingerprint density at radius 3 is 2.47 bits per heavy atom. The van der Waals surface area contributed by atoms with Gasteiger partial charge in [0.05, 0.1) is 5.75 Å². The zero-order valence-corrected chi connectivity index (χ0v) is 11.5. The molecule has 0 aromatic carbocycles. The van der Waals surface area contributed by atoms with Crippen LogP contribution in [0.5, 0.6) is 0 Å². The van der Waals surface area contributed by atoms with E-state index in [4.69, 9.17) is 0 Å². The molecule has 0 saturated heterocycles. The Morgan fingerprint density at radius 2 is 1.94 bits per heavy atom. The molecule has 2 fully saturated rings. The lowest BCUT2D eigenvalue weighted by Gasteiger charge is -2.21. The molecular formula is C12H24N2O2S. The van der Waals surface area contributed by atoms with E-state index in [1.165, 1.54) is 12.8 Å². The van der Waals surface area contributed by atoms with E-state index in [-0.39, 0.29) is 0 Å². The van der Waals surface area contributed by atoms with Crippen LogP contribution >= 0.6 is 0 Å². The van der Waals surface area contributed by atoms with Crippen molar-refractivity contribution < 1.29 is 8.42 Å². The van der Waals surface area contributed by atoms with Gasteiger partial charge < -0.3 is 5.32 Å². The highest BCUT2D eigenvalue weighted by atomic mass is 32.2. The molecule has 0 bridgehead atoms. The van der Waals surface area contributed by atoms with Crippen molar-refractivity contribution in [1.82, 2.24) is 9.62 Å². The topological polar surface area (TPSA) is 49.4 Å². The van der Waals surface area contributed by atoms with E-state index in [0.29, 0.717) is 17.7 Å². The van der Waals surface area contributed by atoms with Gasteiger partial charge in [-0.15, -0.1) is 0 Å². The maximum atomic E-state index is 12.2. The molecule has 2 aliphatic carbocycles. The predicted octanol–water partition coefficient (Wildman–Crippen LogP) is 1.19. The van der Waals surface area contributed by atoms with Gasteiger partial charge in [-0.05, 0) is 51.1 Å². The Balaban J connectivity index is 1.81. The summed E-state index contributed by atoms with van der Waals surface area (Å²) in [5.74, 6) is 0.961. The Bertz CT molecular complexity index is 334. The molecule has 0 unspecified atom stereocenters. The largest absolute Gasteiger partial charge is 0.317 e. The van der Waals surface area contributed by atoms with Crippen molar-refractivity contribution >= 4 is 10.0 Å². The first kappa shape index (κ1) is 13.3. The molecule has 5 heteroatoms. The molecule has 1 N–H and O–H groups in total. The maximum Gasteiger partial charge on any atom is 0.214 e. The van der Waals surface area contributed by atoms with Gasteiger partial charge in [-0.25, -0.2) is 8.42 Å². The van der Waals surface area contributed by atoms with Gasteiger partial charge in [0.2, 0.25) is 10.0 Å². The number of hydrogen-bond donors (Lipinski definition) is 1. The van der Waals surface area contributed by atoms with Crippen LogP contribution in [0.15, 0.2) is 0 Å². The molecule has 0 heterocycles. The van der Waals surface area contributed by atoms with E-state index >= 15 is 0 Å². The minimum absolute atomic E-state index is 0.309. The second kappa shape index (κ2) is 5.67. The van der Waals surface area contributed by atoms with Crippen molar-refractivity contribution in [3.8, 4) is 0 Å². The van der Waals surface area contributed by atoms with E-state index in [9.17, 15) is 8.42 Å². The summed E-state index contributed by atoms with van der Waals surface area (Å²) in [6.07, 6.45) is 5.30. The number of rotatable bonds is 9. The first-order valence-electron chi connectivity index (χ1n) is 6.83. The molecule has 2 saturated carbocycles. The zero-order chi connectivity index (χ0) is 12.3. The van der Waals surface area contributed by atoms with Crippen molar-refractivity contribution in [2.24, 2.45) is 5.92 Å². The zero-order valence-electron chi connectivity index (χ0n) is 10.7. The van der Waals surface area contributed by atoms with Crippen LogP contribution < -0.4 is 5.32 Å². The van der Waals surface area contributed by atoms with Crippen LogP contribution in [0.2, 0.25) is 0 Å². The van der Waals surface area contributed by atoms with Gasteiger partial charge >= 0.3 is 0 Å². The van der Waals surface area contributed by atoms with Crippen molar-refractivity contribution in [3.05, 3.63) is 0 Å². The minimum atomic E-state index is -3.00. The second-order valence-corrected chi connectivity index (χ2v) is 7.31. The van der Waals surface area contributed by atoms with Crippen molar-refractivity contribution in [1.29, 1.82) is 0 Å². The van der Waals surface area contributed by atoms with E-state index in [1.54, 1.807) is 4.31 Å². The molecule has 0 radical (unpaired) electrons. The quantitative estimate of drug-likeness (QED) is 0.634. The summed E-state index contributed by atoms with van der Waals surface area (Å²) in [6.45, 7) is 4.54. The Labute approximate surface area is 105 Å². The van der Waals surface area contributed by atoms with E-state index in [2.05, 4.69) is 5.32 Å². The standard InChI is InChI=1S/C12H24N2O2S/c1-2-13-8-3-9-17(15,16)14(12-6-7-12)10-11-4-5-11/h11-13H,2-10H2,1H3. The third-order valence-electron chi connectivity index (χ3n) is 3.45. The molecule has 0 atom stereocenters. The molecule has 0 aromatic rings. The van der Waals surface area contributed by atoms with Gasteiger partial charge in [0.15, 0.2) is 0 Å². The number of nitrogens with one attached hydrogen (secondary N) is 1. The van der Waals surface area contributed by atoms with Gasteiger partial charge in [0.1, 0.15) is 0 Å². The van der Waals surface area contributed by atoms with E-state index in [1.807, 2.05) is 6.92 Å². The summed E-state index contributed by atoms with van der Waals surface area (Å²) in [7, 11) is -3.00. The molecule has 100 valence electrons. The number of hydrogen-bond acceptors (Lipinski definition) is 3. The lowest BCUT2D eigenvalue weighted by Crippen LogP contribution is -2.37. The van der Waals surface area contributed by atoms with Gasteiger partial charge in [-0.3, -0.25) is 0 Å². The minimum Gasteiger partial charge on any atom is -0.317 e. The normalized spacial score (nSPS) is 21.1. The SMILES string of the molecule is CCNCCCS(=O)(=O)N(CC1CC1)C1CC1. The fourth-order valence-corrected chi connectivity index (χ4v) is 3.93. The van der Waals surface area contributed by atoms with Crippen LogP contribution in [-0.4, -0.2) is 44.2 Å². The number of nitrogens with zero attached hydrogens (tertiary/aromatic N) is 1. The van der Waals surface area contributed by atoms with E-state index < -0.39 is 10.0 Å². The first-order valence-corrected chi connectivity index (χ1v) is 8.44. The fourth-order valence-electron chi connectivity index (χ4n) is 2.08. The third-order valence-corrected chi connectivity index (χ3v) is 5.42. The Morgan fingerprint density at radius 1 is 1.24 bits per heavy atom. The lowest BCUT2D eigenvalue weighted by molar-refractivity contribution is 0.388. The number of sulfonamides is 1. The molecule has 17 heavy (non-hydrogen) atoms. The molecule has 4 nitrogen and oxygen atoms in total. The monoisotopic (exact) mass is 260 g/mol. The highest BCUT2D eigenvalue weighted by Crippen LogP contribution is 2.36. The molecule has 0 aliphatic heterocycles. The summed E-state index contributed by atoms with van der Waals surface area (Å²) in [5.41, 5.74) is 0. The second-order valence-electron chi connectivity index (χ2n) is 5.27. The molecule has 2 rings (SSSR count). The maximum absolute atomic E-state index is 12.2. The third kappa shape index (κ3) is 4.23. The van der Waals surface area contributed by atoms with Gasteiger partial charge in [0, 0.05) is 12.6 Å². The molecule has 0 spiro atoms. The van der Waals surface area contributed by atoms with Crippen molar-refractivity contribution in [2.45, 2.75) is 45.1 Å². The molecule has 0 amide bonds. The molecular weight excluding hydrogens is 236 g/mol. The summed E-state index contributed by atoms with van der Waals surface area (Å²) in [4.78, 5) is 0. The van der Waals surface area contributed by atoms with E-state index in [0.717, 1.165) is 38.9 Å². The predicted molar refractivity (Wildman–Crippen MR) is 69.4 cm³/mol. The highest BCUT2D eigenvalue weighted by Gasteiger charge is 2.39. The van der Waals surface area contributed by atoms with Crippen LogP contribution in [-0.2, 0) is 10.0 Å². The van der Waals surface area contributed by atoms with Crippen LogP contribution in [0, 0.1) is 5.92 Å². The fraction of sp³-hybridized carbons (Fsp3) is 1.00. The van der Waals surface area contributed by atoms with Crippen molar-refractivity contribution in [2.75, 3.05) is 25.4 Å². The summed E-state index contributed by atoms with van der Waals surface area (Å²) in [5, 5.41) is 3.17. The smallest absolute Gasteiger partial charge is 0.214 e. The lowest BCUT2D eigenvalue weighted by atomic mass is 10.4. The first-order chi connectivity index (χ1) is 8.13. The van der Waals surface area contributed by atoms with Gasteiger partial charge in [-0.2, -0.15) is 4.31 Å². The van der Waals surface area contributed by atoms with Gasteiger partial charge in [-0.1, -0.05) is 6.92 Å². The summed E-state index contributed by atoms with van der Waals surface area (Å²) >= 11 is 0. The van der Waals surface area contributed by atoms with Crippen LogP contribution in [0.1, 0.15) is 39.0 Å². The van der Waals surface area contributed by atoms with Crippen LogP contribution in [0.3, 0.4) is 0 Å². The highest BCUT2D eigenvalue weighted by molar-refractivity contribution is 7.89. The summed E-state index contributed by atoms with van der Waals surface area (Å²) < 4.78 is 26.3. The van der Waals surface area contributed by atoms with Crippen molar-refractivity contribution in [3.63, 3.8) is 0 Å². The van der Waals surface area contributed by atoms with Crippen LogP contribution in [0.4, 0.5) is 0 Å². The molecule has 0 aromatic heterocycles. The average Bonchev–Trinajstić information content (AvgIpc) is 3.14. The average molecular weight is 260 g/mol. The van der Waals surface area contributed by atoms with Gasteiger partial charge in [0.25, 0.3) is 0 Å².